The fourth-order valence-electron chi connectivity index (χ4n) is 1.04. The molecule has 2 N–H and O–H groups in total. The smallest absolute Gasteiger partial charge is 0.181 e. The summed E-state index contributed by atoms with van der Waals surface area (Å²) in [5.74, 6) is -0.312. The van der Waals surface area contributed by atoms with E-state index in [9.17, 15) is 5.11 Å². The van der Waals surface area contributed by atoms with Crippen LogP contribution in [-0.2, 0) is 0 Å². The fourth-order valence-corrected chi connectivity index (χ4v) is 1.04. The second kappa shape index (κ2) is 2.82. The van der Waals surface area contributed by atoms with Crippen molar-refractivity contribution in [1.82, 2.24) is 4.98 Å². The van der Waals surface area contributed by atoms with Crippen LogP contribution in [0.5, 0.6) is 11.5 Å². The molecule has 66 valence electrons. The van der Waals surface area contributed by atoms with Crippen LogP contribution in [0.1, 0.15) is 0 Å². The van der Waals surface area contributed by atoms with Crippen LogP contribution in [0.25, 0.3) is 11.3 Å². The number of hydrogen-bond donors (Lipinski definition) is 2. The molecule has 1 aromatic heterocycles. The molecule has 1 heterocycles. The third-order valence-corrected chi connectivity index (χ3v) is 1.70. The van der Waals surface area contributed by atoms with Crippen molar-refractivity contribution < 1.29 is 14.6 Å². The van der Waals surface area contributed by atoms with Crippen LogP contribution in [0.3, 0.4) is 0 Å². The largest absolute Gasteiger partial charge is 0.504 e. The Morgan fingerprint density at radius 2 is 2.00 bits per heavy atom. The number of nitrogens with zero attached hydrogens (tertiary/aromatic N) is 1. The van der Waals surface area contributed by atoms with Crippen molar-refractivity contribution in [1.29, 1.82) is 0 Å². The molecule has 4 heteroatoms. The Balaban J connectivity index is 2.49. The number of rotatable bonds is 1. The first kappa shape index (κ1) is 7.67. The average Bonchev–Trinajstić information content (AvgIpc) is 2.62. The number of aromatic hydroxyl groups is 2. The maximum Gasteiger partial charge on any atom is 0.181 e. The van der Waals surface area contributed by atoms with Gasteiger partial charge in [-0.25, -0.2) is 4.98 Å². The highest BCUT2D eigenvalue weighted by atomic mass is 16.3. The van der Waals surface area contributed by atoms with Crippen molar-refractivity contribution in [3.8, 4) is 22.8 Å². The molecule has 0 aliphatic rings. The minimum atomic E-state index is -0.166. The number of benzene rings is 1. The molecule has 0 bridgehead atoms. The SMILES string of the molecule is Oc1ccc(-c2cocn2)cc1O. The normalized spacial score (nSPS) is 10.2. The third kappa shape index (κ3) is 1.33. The van der Waals surface area contributed by atoms with Crippen molar-refractivity contribution in [2.45, 2.75) is 0 Å². The highest BCUT2D eigenvalue weighted by Crippen LogP contribution is 2.29. The van der Waals surface area contributed by atoms with Crippen LogP contribution in [0, 0.1) is 0 Å². The van der Waals surface area contributed by atoms with Gasteiger partial charge in [0.2, 0.25) is 0 Å². The Labute approximate surface area is 74.1 Å². The molecule has 2 rings (SSSR count). The summed E-state index contributed by atoms with van der Waals surface area (Å²) in [6.07, 6.45) is 2.77. The van der Waals surface area contributed by atoms with Crippen molar-refractivity contribution in [2.75, 3.05) is 0 Å². The lowest BCUT2D eigenvalue weighted by atomic mass is 10.1. The van der Waals surface area contributed by atoms with Crippen molar-refractivity contribution in [3.63, 3.8) is 0 Å². The number of phenolic OH excluding ortho intramolecular Hbond substituents is 2. The Kier molecular flexibility index (Phi) is 1.66. The monoisotopic (exact) mass is 177 g/mol. The van der Waals surface area contributed by atoms with Crippen LogP contribution in [0.2, 0.25) is 0 Å². The van der Waals surface area contributed by atoms with E-state index >= 15 is 0 Å². The molecule has 2 aromatic rings. The Hall–Kier alpha value is -1.97. The summed E-state index contributed by atoms with van der Waals surface area (Å²) < 4.78 is 4.78. The lowest BCUT2D eigenvalue weighted by molar-refractivity contribution is 0.404. The highest BCUT2D eigenvalue weighted by molar-refractivity contribution is 5.62. The van der Waals surface area contributed by atoms with Gasteiger partial charge in [-0.05, 0) is 18.2 Å². The highest BCUT2D eigenvalue weighted by Gasteiger charge is 2.04. The Morgan fingerprint density at radius 1 is 1.15 bits per heavy atom. The van der Waals surface area contributed by atoms with Crippen LogP contribution < -0.4 is 0 Å². The van der Waals surface area contributed by atoms with E-state index in [2.05, 4.69) is 4.98 Å². The first-order valence-electron chi connectivity index (χ1n) is 3.68. The molecule has 4 nitrogen and oxygen atoms in total. The van der Waals surface area contributed by atoms with Gasteiger partial charge in [0.15, 0.2) is 17.9 Å². The first-order valence-corrected chi connectivity index (χ1v) is 3.68. The molecule has 0 aliphatic heterocycles. The molecular weight excluding hydrogens is 170 g/mol. The minimum absolute atomic E-state index is 0.146. The number of oxazole rings is 1. The molecule has 0 spiro atoms. The minimum Gasteiger partial charge on any atom is -0.504 e. The summed E-state index contributed by atoms with van der Waals surface area (Å²) in [6, 6.07) is 4.47. The topological polar surface area (TPSA) is 66.5 Å². The predicted octanol–water partition coefficient (Wildman–Crippen LogP) is 1.75. The molecule has 13 heavy (non-hydrogen) atoms. The maximum atomic E-state index is 9.19. The standard InChI is InChI=1S/C9H7NO3/c11-8-2-1-6(3-9(8)12)7-4-13-5-10-7/h1-5,11-12H. The van der Waals surface area contributed by atoms with Gasteiger partial charge < -0.3 is 14.6 Å². The lowest BCUT2D eigenvalue weighted by Gasteiger charge is -1.98. The Morgan fingerprint density at radius 3 is 2.62 bits per heavy atom. The van der Waals surface area contributed by atoms with Gasteiger partial charge in [0.25, 0.3) is 0 Å². The van der Waals surface area contributed by atoms with E-state index < -0.39 is 0 Å². The van der Waals surface area contributed by atoms with Gasteiger partial charge in [0, 0.05) is 5.56 Å². The molecule has 0 aliphatic carbocycles. The molecule has 0 saturated heterocycles. The van der Waals surface area contributed by atoms with Gasteiger partial charge in [-0.2, -0.15) is 0 Å². The van der Waals surface area contributed by atoms with Crippen LogP contribution in [-0.4, -0.2) is 15.2 Å². The average molecular weight is 177 g/mol. The molecule has 0 radical (unpaired) electrons. The molecule has 1 aromatic carbocycles. The quantitative estimate of drug-likeness (QED) is 0.651. The molecule has 0 fully saturated rings. The molecule has 0 saturated carbocycles. The van der Waals surface area contributed by atoms with Crippen molar-refractivity contribution >= 4 is 0 Å². The van der Waals surface area contributed by atoms with E-state index in [4.69, 9.17) is 9.52 Å². The van der Waals surface area contributed by atoms with Gasteiger partial charge >= 0.3 is 0 Å². The Bertz CT molecular complexity index is 409. The van der Waals surface area contributed by atoms with Crippen molar-refractivity contribution in [3.05, 3.63) is 30.9 Å². The third-order valence-electron chi connectivity index (χ3n) is 1.70. The lowest BCUT2D eigenvalue weighted by Crippen LogP contribution is -1.76. The molecule has 0 atom stereocenters. The predicted molar refractivity (Wildman–Crippen MR) is 45.3 cm³/mol. The molecular formula is C9H7NO3. The summed E-state index contributed by atoms with van der Waals surface area (Å²) in [6.45, 7) is 0. The van der Waals surface area contributed by atoms with Gasteiger partial charge in [-0.1, -0.05) is 0 Å². The van der Waals surface area contributed by atoms with Crippen LogP contribution >= 0.6 is 0 Å². The van der Waals surface area contributed by atoms with Gasteiger partial charge in [0.05, 0.1) is 0 Å². The summed E-state index contributed by atoms with van der Waals surface area (Å²) in [7, 11) is 0. The van der Waals surface area contributed by atoms with E-state index in [1.54, 1.807) is 6.07 Å². The maximum absolute atomic E-state index is 9.19. The van der Waals surface area contributed by atoms with Crippen LogP contribution in [0.15, 0.2) is 35.3 Å². The zero-order valence-electron chi connectivity index (χ0n) is 6.64. The van der Waals surface area contributed by atoms with Gasteiger partial charge in [0.1, 0.15) is 12.0 Å². The van der Waals surface area contributed by atoms with Crippen molar-refractivity contribution in [2.24, 2.45) is 0 Å². The molecule has 0 amide bonds. The second-order valence-electron chi connectivity index (χ2n) is 2.58. The second-order valence-corrected chi connectivity index (χ2v) is 2.58. The summed E-state index contributed by atoms with van der Waals surface area (Å²) in [5.41, 5.74) is 1.32. The summed E-state index contributed by atoms with van der Waals surface area (Å²) in [4.78, 5) is 3.90. The summed E-state index contributed by atoms with van der Waals surface area (Å²) in [5, 5.41) is 18.2. The number of phenols is 2. The van der Waals surface area contributed by atoms with Crippen LogP contribution in [0.4, 0.5) is 0 Å². The number of hydrogen-bond acceptors (Lipinski definition) is 4. The summed E-state index contributed by atoms with van der Waals surface area (Å²) >= 11 is 0. The van der Waals surface area contributed by atoms with E-state index in [1.807, 2.05) is 0 Å². The zero-order valence-corrected chi connectivity index (χ0v) is 6.64. The zero-order chi connectivity index (χ0) is 9.26. The molecule has 0 unspecified atom stereocenters. The first-order chi connectivity index (χ1) is 6.27. The van der Waals surface area contributed by atoms with E-state index in [1.165, 1.54) is 24.8 Å². The van der Waals surface area contributed by atoms with E-state index in [0.717, 1.165) is 0 Å². The fraction of sp³-hybridized carbons (Fsp3) is 0. The van der Waals surface area contributed by atoms with E-state index in [0.29, 0.717) is 11.3 Å². The van der Waals surface area contributed by atoms with Gasteiger partial charge in [-0.3, -0.25) is 0 Å². The van der Waals surface area contributed by atoms with E-state index in [-0.39, 0.29) is 11.5 Å². The number of aromatic nitrogens is 1. The van der Waals surface area contributed by atoms with Gasteiger partial charge in [-0.15, -0.1) is 0 Å².